The summed E-state index contributed by atoms with van der Waals surface area (Å²) in [5.74, 6) is 0. The predicted molar refractivity (Wildman–Crippen MR) is 42.0 cm³/mol. The molecule has 0 radical (unpaired) electrons. The van der Waals surface area contributed by atoms with Crippen LogP contribution in [0.15, 0.2) is 35.1 Å². The maximum Gasteiger partial charge on any atom is 0.280 e. The molecule has 0 bridgehead atoms. The molecule has 0 amide bonds. The zero-order valence-corrected chi connectivity index (χ0v) is 6.06. The van der Waals surface area contributed by atoms with E-state index in [-0.39, 0.29) is 5.69 Å². The Morgan fingerprint density at radius 2 is 2.17 bits per heavy atom. The van der Waals surface area contributed by atoms with Crippen molar-refractivity contribution in [2.24, 2.45) is 0 Å². The van der Waals surface area contributed by atoms with E-state index < -0.39 is 4.92 Å². The van der Waals surface area contributed by atoms with Gasteiger partial charge in [-0.05, 0) is 17.7 Å². The first kappa shape index (κ1) is 6.84. The molecule has 0 aromatic heterocycles. The molecular weight excluding hydrogens is 158 g/mol. The van der Waals surface area contributed by atoms with Crippen LogP contribution in [0.4, 0.5) is 5.69 Å². The van der Waals surface area contributed by atoms with Crippen molar-refractivity contribution in [1.29, 1.82) is 0 Å². The van der Waals surface area contributed by atoms with Crippen LogP contribution >= 0.6 is 0 Å². The number of hydrogen-bond acceptors (Lipinski definition) is 3. The highest BCUT2D eigenvalue weighted by Gasteiger charge is 2.18. The topological polar surface area (TPSA) is 56.3 Å². The van der Waals surface area contributed by atoms with Gasteiger partial charge >= 0.3 is 0 Å². The summed E-state index contributed by atoms with van der Waals surface area (Å²) < 4.78 is 4.84. The Labute approximate surface area is 67.9 Å². The molecule has 0 saturated carbocycles. The minimum atomic E-state index is -0.419. The molecule has 0 spiro atoms. The molecule has 60 valence electrons. The first-order valence-corrected chi connectivity index (χ1v) is 3.38. The standard InChI is InChI=1S/C8H5NO3/c10-9(11)8-2-1-6-3-4-12-5-7(6)8/h1-5H. The molecule has 0 atom stereocenters. The third kappa shape index (κ3) is 0.852. The zero-order valence-electron chi connectivity index (χ0n) is 6.06. The van der Waals surface area contributed by atoms with E-state index in [4.69, 9.17) is 4.42 Å². The van der Waals surface area contributed by atoms with E-state index in [0.29, 0.717) is 5.56 Å². The van der Waals surface area contributed by atoms with Gasteiger partial charge in [-0.3, -0.25) is 10.1 Å². The monoisotopic (exact) mass is 163 g/mol. The molecule has 4 heteroatoms. The summed E-state index contributed by atoms with van der Waals surface area (Å²) >= 11 is 0. The summed E-state index contributed by atoms with van der Waals surface area (Å²) in [6.07, 6.45) is 2.87. The molecule has 2 aliphatic rings. The van der Waals surface area contributed by atoms with Crippen molar-refractivity contribution in [2.75, 3.05) is 0 Å². The van der Waals surface area contributed by atoms with Gasteiger partial charge in [0.15, 0.2) is 0 Å². The summed E-state index contributed by atoms with van der Waals surface area (Å²) in [6.45, 7) is 0. The van der Waals surface area contributed by atoms with Crippen LogP contribution in [-0.2, 0) is 0 Å². The Balaban J connectivity index is 2.67. The SMILES string of the molecule is O=[N+]([O-])c1ccc2ccocc1-2. The van der Waals surface area contributed by atoms with E-state index in [2.05, 4.69) is 0 Å². The quantitative estimate of drug-likeness (QED) is 0.478. The minimum absolute atomic E-state index is 0.0920. The Morgan fingerprint density at radius 1 is 1.33 bits per heavy atom. The van der Waals surface area contributed by atoms with Crippen LogP contribution < -0.4 is 0 Å². The molecule has 1 heterocycles. The van der Waals surface area contributed by atoms with Crippen molar-refractivity contribution in [3.8, 4) is 11.1 Å². The molecule has 4 nitrogen and oxygen atoms in total. The molecule has 1 aliphatic carbocycles. The molecular formula is C8H5NO3. The maximum atomic E-state index is 10.4. The third-order valence-corrected chi connectivity index (χ3v) is 1.72. The van der Waals surface area contributed by atoms with Crippen LogP contribution in [0.2, 0.25) is 0 Å². The Kier molecular flexibility index (Phi) is 1.33. The lowest BCUT2D eigenvalue weighted by molar-refractivity contribution is -0.383. The Bertz CT molecular complexity index is 393. The molecule has 2 rings (SSSR count). The minimum Gasteiger partial charge on any atom is -0.472 e. The lowest BCUT2D eigenvalue weighted by atomic mass is 10.2. The molecule has 0 unspecified atom stereocenters. The number of nitro groups is 1. The molecule has 0 aromatic rings. The second-order valence-electron chi connectivity index (χ2n) is 2.40. The molecule has 0 fully saturated rings. The largest absolute Gasteiger partial charge is 0.472 e. The van der Waals surface area contributed by atoms with E-state index in [0.717, 1.165) is 5.56 Å². The van der Waals surface area contributed by atoms with Crippen molar-refractivity contribution < 1.29 is 9.34 Å². The summed E-state index contributed by atoms with van der Waals surface area (Å²) in [5.41, 5.74) is 1.46. The van der Waals surface area contributed by atoms with E-state index in [1.807, 2.05) is 0 Å². The van der Waals surface area contributed by atoms with Crippen molar-refractivity contribution in [1.82, 2.24) is 0 Å². The lowest BCUT2D eigenvalue weighted by Crippen LogP contribution is -1.86. The van der Waals surface area contributed by atoms with Gasteiger partial charge in [0.1, 0.15) is 6.26 Å². The fraction of sp³-hybridized carbons (Fsp3) is 0. The molecule has 0 N–H and O–H groups in total. The highest BCUT2D eigenvalue weighted by Crippen LogP contribution is 2.32. The van der Waals surface area contributed by atoms with Gasteiger partial charge in [0.25, 0.3) is 5.69 Å². The van der Waals surface area contributed by atoms with E-state index in [1.54, 1.807) is 12.1 Å². The zero-order chi connectivity index (χ0) is 8.55. The van der Waals surface area contributed by atoms with Gasteiger partial charge < -0.3 is 4.42 Å². The predicted octanol–water partition coefficient (Wildman–Crippen LogP) is 2.29. The van der Waals surface area contributed by atoms with Crippen LogP contribution in [0, 0.1) is 10.1 Å². The van der Waals surface area contributed by atoms with Crippen molar-refractivity contribution in [2.45, 2.75) is 0 Å². The van der Waals surface area contributed by atoms with Crippen LogP contribution in [0.5, 0.6) is 0 Å². The van der Waals surface area contributed by atoms with Crippen molar-refractivity contribution in [3.05, 3.63) is 40.8 Å². The maximum absolute atomic E-state index is 10.4. The summed E-state index contributed by atoms with van der Waals surface area (Å²) in [4.78, 5) is 10.0. The summed E-state index contributed by atoms with van der Waals surface area (Å²) in [6, 6.07) is 4.87. The van der Waals surface area contributed by atoms with Gasteiger partial charge in [0, 0.05) is 6.07 Å². The Morgan fingerprint density at radius 3 is 2.92 bits per heavy atom. The van der Waals surface area contributed by atoms with E-state index >= 15 is 0 Å². The number of hydrogen-bond donors (Lipinski definition) is 0. The van der Waals surface area contributed by atoms with Gasteiger partial charge in [0.2, 0.25) is 0 Å². The van der Waals surface area contributed by atoms with Crippen LogP contribution in [0.25, 0.3) is 11.1 Å². The van der Waals surface area contributed by atoms with E-state index in [9.17, 15) is 10.1 Å². The molecule has 1 aliphatic heterocycles. The van der Waals surface area contributed by atoms with Crippen LogP contribution in [0.1, 0.15) is 0 Å². The molecule has 12 heavy (non-hydrogen) atoms. The molecule has 0 saturated heterocycles. The molecule has 0 aromatic carbocycles. The van der Waals surface area contributed by atoms with Gasteiger partial charge in [-0.1, -0.05) is 0 Å². The first-order valence-electron chi connectivity index (χ1n) is 3.38. The third-order valence-electron chi connectivity index (χ3n) is 1.72. The van der Waals surface area contributed by atoms with Gasteiger partial charge in [-0.2, -0.15) is 0 Å². The van der Waals surface area contributed by atoms with E-state index in [1.165, 1.54) is 18.6 Å². The first-order chi connectivity index (χ1) is 5.79. The van der Waals surface area contributed by atoms with Gasteiger partial charge in [-0.25, -0.2) is 0 Å². The highest BCUT2D eigenvalue weighted by atomic mass is 16.6. The lowest BCUT2D eigenvalue weighted by Gasteiger charge is -1.94. The second-order valence-corrected chi connectivity index (χ2v) is 2.40. The normalized spacial score (nSPS) is 10.3. The van der Waals surface area contributed by atoms with Gasteiger partial charge in [-0.15, -0.1) is 0 Å². The van der Waals surface area contributed by atoms with Crippen LogP contribution in [0.3, 0.4) is 0 Å². The van der Waals surface area contributed by atoms with Gasteiger partial charge in [0.05, 0.1) is 16.7 Å². The number of nitrogens with zero attached hydrogens (tertiary/aromatic N) is 1. The Hall–Kier alpha value is -1.84. The number of fused-ring (bicyclic) bond motifs is 1. The fourth-order valence-electron chi connectivity index (χ4n) is 1.15. The second kappa shape index (κ2) is 2.34. The summed E-state index contributed by atoms with van der Waals surface area (Å²) in [7, 11) is 0. The van der Waals surface area contributed by atoms with Crippen molar-refractivity contribution in [3.63, 3.8) is 0 Å². The van der Waals surface area contributed by atoms with Crippen LogP contribution in [-0.4, -0.2) is 4.92 Å². The van der Waals surface area contributed by atoms with Crippen molar-refractivity contribution >= 4 is 5.69 Å². The number of rotatable bonds is 1. The summed E-state index contributed by atoms with van der Waals surface area (Å²) in [5, 5.41) is 10.4. The smallest absolute Gasteiger partial charge is 0.280 e. The average Bonchev–Trinajstić information content (AvgIpc) is 2.47. The highest BCUT2D eigenvalue weighted by molar-refractivity contribution is 5.75. The average molecular weight is 163 g/mol. The fourth-order valence-corrected chi connectivity index (χ4v) is 1.15.